The highest BCUT2D eigenvalue weighted by Crippen LogP contribution is 2.31. The van der Waals surface area contributed by atoms with Crippen molar-refractivity contribution in [3.8, 4) is 0 Å². The number of nitrogens with zero attached hydrogens (tertiary/aromatic N) is 5. The number of hydrogen-bond acceptors (Lipinski definition) is 6. The molecule has 0 aliphatic carbocycles. The molecule has 1 amide bonds. The molecule has 0 unspecified atom stereocenters. The van der Waals surface area contributed by atoms with Gasteiger partial charge in [-0.25, -0.2) is 4.98 Å². The monoisotopic (exact) mass is 339 g/mol. The number of ether oxygens (including phenoxy) is 1. The standard InChI is InChI=1S/C18H21N5O2/c24-17(15-2-5-19-6-3-15)23-10-11-25-18(14-23)4-1-9-22(13-18)16-12-20-7-8-21-16/h2-3,5-8,12H,1,4,9-11,13-14H2/t18-/m1/s1. The lowest BCUT2D eigenvalue weighted by Gasteiger charge is -2.48. The maximum atomic E-state index is 12.8. The molecule has 0 saturated carbocycles. The lowest BCUT2D eigenvalue weighted by Crippen LogP contribution is -2.61. The van der Waals surface area contributed by atoms with Crippen LogP contribution in [-0.4, -0.2) is 64.1 Å². The van der Waals surface area contributed by atoms with Crippen molar-refractivity contribution in [1.82, 2.24) is 19.9 Å². The van der Waals surface area contributed by atoms with Crippen LogP contribution in [0, 0.1) is 0 Å². The predicted octanol–water partition coefficient (Wildman–Crippen LogP) is 1.38. The molecule has 7 nitrogen and oxygen atoms in total. The Bertz CT molecular complexity index is 723. The zero-order chi connectivity index (χ0) is 17.1. The van der Waals surface area contributed by atoms with E-state index in [0.717, 1.165) is 31.7 Å². The number of pyridine rings is 1. The van der Waals surface area contributed by atoms with Crippen molar-refractivity contribution in [2.75, 3.05) is 37.7 Å². The van der Waals surface area contributed by atoms with Crippen LogP contribution in [0.5, 0.6) is 0 Å². The number of carbonyl (C=O) groups is 1. The van der Waals surface area contributed by atoms with E-state index in [1.165, 1.54) is 0 Å². The molecule has 4 heterocycles. The summed E-state index contributed by atoms with van der Waals surface area (Å²) in [5, 5.41) is 0. The second-order valence-electron chi connectivity index (χ2n) is 6.58. The normalized spacial score (nSPS) is 23.7. The summed E-state index contributed by atoms with van der Waals surface area (Å²) in [6.07, 6.45) is 10.4. The quantitative estimate of drug-likeness (QED) is 0.823. The Kier molecular flexibility index (Phi) is 4.31. The zero-order valence-corrected chi connectivity index (χ0v) is 14.0. The fourth-order valence-electron chi connectivity index (χ4n) is 3.69. The van der Waals surface area contributed by atoms with Gasteiger partial charge in [-0.2, -0.15) is 0 Å². The third-order valence-electron chi connectivity index (χ3n) is 4.88. The Hall–Kier alpha value is -2.54. The summed E-state index contributed by atoms with van der Waals surface area (Å²) in [6, 6.07) is 3.52. The molecule has 25 heavy (non-hydrogen) atoms. The molecule has 2 aromatic heterocycles. The van der Waals surface area contributed by atoms with Crippen molar-refractivity contribution in [3.63, 3.8) is 0 Å². The van der Waals surface area contributed by atoms with Crippen LogP contribution in [0.2, 0.25) is 0 Å². The van der Waals surface area contributed by atoms with Crippen molar-refractivity contribution < 1.29 is 9.53 Å². The van der Waals surface area contributed by atoms with Gasteiger partial charge in [0.1, 0.15) is 11.4 Å². The van der Waals surface area contributed by atoms with E-state index in [9.17, 15) is 4.79 Å². The highest BCUT2D eigenvalue weighted by Gasteiger charge is 2.42. The molecule has 0 bridgehead atoms. The van der Waals surface area contributed by atoms with Gasteiger partial charge in [-0.15, -0.1) is 0 Å². The Balaban J connectivity index is 1.51. The van der Waals surface area contributed by atoms with Crippen molar-refractivity contribution >= 4 is 11.7 Å². The maximum absolute atomic E-state index is 12.8. The lowest BCUT2D eigenvalue weighted by molar-refractivity contribution is -0.105. The highest BCUT2D eigenvalue weighted by molar-refractivity contribution is 5.94. The first-order valence-electron chi connectivity index (χ1n) is 8.60. The number of rotatable bonds is 2. The summed E-state index contributed by atoms with van der Waals surface area (Å²) in [4.78, 5) is 29.4. The first kappa shape index (κ1) is 16.0. The van der Waals surface area contributed by atoms with E-state index >= 15 is 0 Å². The van der Waals surface area contributed by atoms with Crippen molar-refractivity contribution in [3.05, 3.63) is 48.7 Å². The molecule has 130 valence electrons. The van der Waals surface area contributed by atoms with E-state index in [1.54, 1.807) is 43.1 Å². The number of morpholine rings is 1. The van der Waals surface area contributed by atoms with Gasteiger partial charge in [-0.3, -0.25) is 14.8 Å². The first-order valence-corrected chi connectivity index (χ1v) is 8.60. The minimum Gasteiger partial charge on any atom is -0.369 e. The second-order valence-corrected chi connectivity index (χ2v) is 6.58. The number of amides is 1. The summed E-state index contributed by atoms with van der Waals surface area (Å²) in [7, 11) is 0. The summed E-state index contributed by atoms with van der Waals surface area (Å²) >= 11 is 0. The van der Waals surface area contributed by atoms with Crippen LogP contribution < -0.4 is 4.90 Å². The van der Waals surface area contributed by atoms with Crippen molar-refractivity contribution in [2.24, 2.45) is 0 Å². The second kappa shape index (κ2) is 6.76. The lowest BCUT2D eigenvalue weighted by atomic mass is 9.90. The van der Waals surface area contributed by atoms with Crippen LogP contribution in [0.15, 0.2) is 43.1 Å². The molecule has 2 saturated heterocycles. The topological polar surface area (TPSA) is 71.5 Å². The van der Waals surface area contributed by atoms with Crippen molar-refractivity contribution in [1.29, 1.82) is 0 Å². The van der Waals surface area contributed by atoms with Gasteiger partial charge in [-0.1, -0.05) is 0 Å². The molecular formula is C18H21N5O2. The van der Waals surface area contributed by atoms with E-state index in [2.05, 4.69) is 19.9 Å². The zero-order valence-electron chi connectivity index (χ0n) is 14.0. The third kappa shape index (κ3) is 3.32. The number of aromatic nitrogens is 3. The molecule has 1 atom stereocenters. The molecule has 1 spiro atoms. The van der Waals surface area contributed by atoms with Gasteiger partial charge in [-0.05, 0) is 25.0 Å². The van der Waals surface area contributed by atoms with Crippen LogP contribution in [-0.2, 0) is 4.74 Å². The average molecular weight is 339 g/mol. The van der Waals surface area contributed by atoms with Crippen LogP contribution >= 0.6 is 0 Å². The molecule has 2 aromatic rings. The first-order chi connectivity index (χ1) is 12.3. The fraction of sp³-hybridized carbons (Fsp3) is 0.444. The van der Waals surface area contributed by atoms with Crippen LogP contribution in [0.3, 0.4) is 0 Å². The van der Waals surface area contributed by atoms with E-state index < -0.39 is 0 Å². The number of piperidine rings is 1. The molecule has 2 aliphatic rings. The largest absolute Gasteiger partial charge is 0.369 e. The summed E-state index contributed by atoms with van der Waals surface area (Å²) in [5.74, 6) is 0.907. The van der Waals surface area contributed by atoms with Gasteiger partial charge in [0, 0.05) is 43.4 Å². The average Bonchev–Trinajstić information content (AvgIpc) is 2.69. The Labute approximate surface area is 146 Å². The van der Waals surface area contributed by atoms with Crippen LogP contribution in [0.1, 0.15) is 23.2 Å². The summed E-state index contributed by atoms with van der Waals surface area (Å²) in [5.41, 5.74) is 0.338. The summed E-state index contributed by atoms with van der Waals surface area (Å²) in [6.45, 7) is 3.44. The van der Waals surface area contributed by atoms with Gasteiger partial charge in [0.05, 0.1) is 25.9 Å². The smallest absolute Gasteiger partial charge is 0.254 e. The number of anilines is 1. The van der Waals surface area contributed by atoms with E-state index in [0.29, 0.717) is 25.3 Å². The molecule has 2 fully saturated rings. The van der Waals surface area contributed by atoms with Gasteiger partial charge >= 0.3 is 0 Å². The minimum atomic E-state index is -0.337. The Morgan fingerprint density at radius 3 is 2.76 bits per heavy atom. The molecule has 2 aliphatic heterocycles. The molecule has 4 rings (SSSR count). The molecule has 0 radical (unpaired) electrons. The van der Waals surface area contributed by atoms with Crippen molar-refractivity contribution in [2.45, 2.75) is 18.4 Å². The van der Waals surface area contributed by atoms with Gasteiger partial charge in [0.2, 0.25) is 0 Å². The van der Waals surface area contributed by atoms with Gasteiger partial charge in [0.15, 0.2) is 0 Å². The van der Waals surface area contributed by atoms with Gasteiger partial charge in [0.25, 0.3) is 5.91 Å². The van der Waals surface area contributed by atoms with E-state index in [1.807, 2.05) is 4.90 Å². The molecule has 0 N–H and O–H groups in total. The molecular weight excluding hydrogens is 318 g/mol. The van der Waals surface area contributed by atoms with Crippen LogP contribution in [0.25, 0.3) is 0 Å². The summed E-state index contributed by atoms with van der Waals surface area (Å²) < 4.78 is 6.18. The fourth-order valence-corrected chi connectivity index (χ4v) is 3.69. The molecule has 0 aromatic carbocycles. The number of carbonyl (C=O) groups excluding carboxylic acids is 1. The van der Waals surface area contributed by atoms with E-state index in [4.69, 9.17) is 4.74 Å². The van der Waals surface area contributed by atoms with Gasteiger partial charge < -0.3 is 14.5 Å². The SMILES string of the molecule is O=C(c1ccncc1)N1CCO[C@@]2(CCCN(c3cnccn3)C2)C1. The minimum absolute atomic E-state index is 0.0432. The maximum Gasteiger partial charge on any atom is 0.254 e. The van der Waals surface area contributed by atoms with E-state index in [-0.39, 0.29) is 11.5 Å². The Morgan fingerprint density at radius 2 is 1.96 bits per heavy atom. The van der Waals surface area contributed by atoms with Crippen LogP contribution in [0.4, 0.5) is 5.82 Å². The number of hydrogen-bond donors (Lipinski definition) is 0. The third-order valence-corrected chi connectivity index (χ3v) is 4.88. The highest BCUT2D eigenvalue weighted by atomic mass is 16.5. The predicted molar refractivity (Wildman–Crippen MR) is 92.3 cm³/mol. The molecule has 7 heteroatoms. The Morgan fingerprint density at radius 1 is 1.08 bits per heavy atom.